The van der Waals surface area contributed by atoms with Gasteiger partial charge in [-0.1, -0.05) is 0 Å². The van der Waals surface area contributed by atoms with Gasteiger partial charge >= 0.3 is 0 Å². The van der Waals surface area contributed by atoms with Gasteiger partial charge in [-0.25, -0.2) is 0 Å². The summed E-state index contributed by atoms with van der Waals surface area (Å²) in [6.07, 6.45) is 2.10. The molecule has 0 amide bonds. The van der Waals surface area contributed by atoms with Crippen molar-refractivity contribution >= 4 is 11.8 Å². The highest BCUT2D eigenvalue weighted by Crippen LogP contribution is 2.15. The van der Waals surface area contributed by atoms with E-state index < -0.39 is 0 Å². The minimum Gasteiger partial charge on any atom is -0.372 e. The topological polar surface area (TPSA) is 21.3 Å². The van der Waals surface area contributed by atoms with E-state index in [0.29, 0.717) is 0 Å². The van der Waals surface area contributed by atoms with Gasteiger partial charge in [-0.05, 0) is 13.2 Å². The molecule has 1 aliphatic heterocycles. The highest BCUT2D eigenvalue weighted by atomic mass is 32.2. The lowest BCUT2D eigenvalue weighted by Crippen LogP contribution is -2.59. The number of thioether (sulfide) groups is 1. The van der Waals surface area contributed by atoms with E-state index in [1.807, 2.05) is 11.8 Å². The first-order valence-electron chi connectivity index (χ1n) is 3.60. The summed E-state index contributed by atoms with van der Waals surface area (Å²) in [5.74, 6) is 1.11. The second-order valence-corrected chi connectivity index (χ2v) is 3.88. The third-order valence-corrected chi connectivity index (χ3v) is 2.31. The summed E-state index contributed by atoms with van der Waals surface area (Å²) in [6, 6.07) is 0. The van der Waals surface area contributed by atoms with Crippen LogP contribution < -0.4 is 5.32 Å². The van der Waals surface area contributed by atoms with Crippen LogP contribution in [-0.4, -0.2) is 37.3 Å². The molecule has 0 aromatic carbocycles. The summed E-state index contributed by atoms with van der Waals surface area (Å²) in [5.41, 5.74) is 0.149. The van der Waals surface area contributed by atoms with Crippen LogP contribution in [-0.2, 0) is 4.74 Å². The van der Waals surface area contributed by atoms with Gasteiger partial charge in [0.15, 0.2) is 0 Å². The van der Waals surface area contributed by atoms with Crippen molar-refractivity contribution in [3.05, 3.63) is 0 Å². The first kappa shape index (κ1) is 8.37. The predicted octanol–water partition coefficient (Wildman–Crippen LogP) is 0.728. The number of nitrogens with one attached hydrogen (secondary N) is 1. The van der Waals surface area contributed by atoms with Crippen LogP contribution in [0.3, 0.4) is 0 Å². The van der Waals surface area contributed by atoms with Crippen molar-refractivity contribution in [3.63, 3.8) is 0 Å². The minimum absolute atomic E-state index is 0.149. The Morgan fingerprint density at radius 2 is 2.30 bits per heavy atom. The average molecular weight is 161 g/mol. The largest absolute Gasteiger partial charge is 0.372 e. The molecule has 3 heteroatoms. The number of hydrogen-bond acceptors (Lipinski definition) is 3. The lowest BCUT2D eigenvalue weighted by molar-refractivity contribution is -0.0594. The van der Waals surface area contributed by atoms with Crippen molar-refractivity contribution in [2.24, 2.45) is 0 Å². The van der Waals surface area contributed by atoms with Crippen LogP contribution in [0, 0.1) is 0 Å². The summed E-state index contributed by atoms with van der Waals surface area (Å²) in [7, 11) is 0. The van der Waals surface area contributed by atoms with Gasteiger partial charge in [-0.3, -0.25) is 0 Å². The van der Waals surface area contributed by atoms with Gasteiger partial charge in [-0.2, -0.15) is 11.8 Å². The maximum atomic E-state index is 5.62. The molecule has 1 aliphatic rings. The quantitative estimate of drug-likeness (QED) is 0.614. The Labute approximate surface area is 66.7 Å². The van der Waals surface area contributed by atoms with E-state index >= 15 is 0 Å². The zero-order valence-electron chi connectivity index (χ0n) is 6.64. The van der Waals surface area contributed by atoms with E-state index in [1.165, 1.54) is 0 Å². The van der Waals surface area contributed by atoms with Gasteiger partial charge in [0.2, 0.25) is 0 Å². The van der Waals surface area contributed by atoms with E-state index in [2.05, 4.69) is 18.5 Å². The van der Waals surface area contributed by atoms with Crippen LogP contribution in [0.15, 0.2) is 0 Å². The van der Waals surface area contributed by atoms with Gasteiger partial charge in [-0.15, -0.1) is 0 Å². The summed E-state index contributed by atoms with van der Waals surface area (Å²) in [6.45, 7) is 5.08. The number of hydrogen-bond donors (Lipinski definition) is 1. The zero-order chi connectivity index (χ0) is 7.45. The number of rotatable bonds is 4. The molecule has 0 aromatic rings. The van der Waals surface area contributed by atoms with Crippen molar-refractivity contribution in [2.45, 2.75) is 12.5 Å². The molecule has 0 unspecified atom stereocenters. The standard InChI is InChI=1S/C7H15NOS/c1-7(5-8-6-7)9-3-4-10-2/h8H,3-6H2,1-2H3. The van der Waals surface area contributed by atoms with Crippen molar-refractivity contribution in [2.75, 3.05) is 31.7 Å². The molecule has 0 saturated carbocycles. The first-order valence-corrected chi connectivity index (χ1v) is 5.00. The van der Waals surface area contributed by atoms with Crippen molar-refractivity contribution in [3.8, 4) is 0 Å². The molecule has 0 bridgehead atoms. The van der Waals surface area contributed by atoms with Crippen molar-refractivity contribution < 1.29 is 4.74 Å². The lowest BCUT2D eigenvalue weighted by Gasteiger charge is -2.39. The molecule has 0 spiro atoms. The number of ether oxygens (including phenoxy) is 1. The molecule has 1 fully saturated rings. The third kappa shape index (κ3) is 2.15. The second-order valence-electron chi connectivity index (χ2n) is 2.89. The van der Waals surface area contributed by atoms with Crippen LogP contribution in [0.2, 0.25) is 0 Å². The Morgan fingerprint density at radius 1 is 1.60 bits per heavy atom. The summed E-state index contributed by atoms with van der Waals surface area (Å²) < 4.78 is 5.62. The van der Waals surface area contributed by atoms with Gasteiger partial charge in [0.05, 0.1) is 12.2 Å². The Morgan fingerprint density at radius 3 is 2.70 bits per heavy atom. The Balaban J connectivity index is 2.01. The Kier molecular flexibility index (Phi) is 3.01. The second kappa shape index (κ2) is 3.60. The fraction of sp³-hybridized carbons (Fsp3) is 1.00. The minimum atomic E-state index is 0.149. The van der Waals surface area contributed by atoms with E-state index in [-0.39, 0.29) is 5.60 Å². The van der Waals surface area contributed by atoms with Gasteiger partial charge in [0.25, 0.3) is 0 Å². The molecule has 1 saturated heterocycles. The Hall–Kier alpha value is 0.270. The summed E-state index contributed by atoms with van der Waals surface area (Å²) in [5, 5.41) is 3.20. The average Bonchev–Trinajstić information content (AvgIpc) is 1.85. The zero-order valence-corrected chi connectivity index (χ0v) is 7.46. The molecule has 10 heavy (non-hydrogen) atoms. The monoisotopic (exact) mass is 161 g/mol. The SMILES string of the molecule is CSCCOC1(C)CNC1. The third-order valence-electron chi connectivity index (χ3n) is 1.74. The molecule has 0 radical (unpaired) electrons. The van der Waals surface area contributed by atoms with E-state index in [9.17, 15) is 0 Å². The molecule has 1 N–H and O–H groups in total. The van der Waals surface area contributed by atoms with E-state index in [1.54, 1.807) is 0 Å². The van der Waals surface area contributed by atoms with Gasteiger partial charge < -0.3 is 10.1 Å². The summed E-state index contributed by atoms with van der Waals surface area (Å²) >= 11 is 1.83. The van der Waals surface area contributed by atoms with Crippen molar-refractivity contribution in [1.82, 2.24) is 5.32 Å². The molecule has 0 atom stereocenters. The van der Waals surface area contributed by atoms with Gasteiger partial charge in [0.1, 0.15) is 0 Å². The highest BCUT2D eigenvalue weighted by molar-refractivity contribution is 7.98. The first-order chi connectivity index (χ1) is 4.77. The molecule has 0 aliphatic carbocycles. The summed E-state index contributed by atoms with van der Waals surface area (Å²) in [4.78, 5) is 0. The predicted molar refractivity (Wildman–Crippen MR) is 45.6 cm³/mol. The van der Waals surface area contributed by atoms with E-state index in [0.717, 1.165) is 25.4 Å². The van der Waals surface area contributed by atoms with Gasteiger partial charge in [0, 0.05) is 18.8 Å². The highest BCUT2D eigenvalue weighted by Gasteiger charge is 2.31. The van der Waals surface area contributed by atoms with Crippen LogP contribution in [0.5, 0.6) is 0 Å². The molecule has 2 nitrogen and oxygen atoms in total. The Bertz CT molecular complexity index is 104. The van der Waals surface area contributed by atoms with Crippen molar-refractivity contribution in [1.29, 1.82) is 0 Å². The lowest BCUT2D eigenvalue weighted by atomic mass is 10.0. The van der Waals surface area contributed by atoms with E-state index in [4.69, 9.17) is 4.74 Å². The molecular formula is C7H15NOS. The molecule has 0 aromatic heterocycles. The smallest absolute Gasteiger partial charge is 0.0902 e. The molecule has 1 rings (SSSR count). The molecular weight excluding hydrogens is 146 g/mol. The fourth-order valence-electron chi connectivity index (χ4n) is 0.951. The maximum Gasteiger partial charge on any atom is 0.0902 e. The molecule has 1 heterocycles. The molecule has 60 valence electrons. The van der Waals surface area contributed by atoms with Crippen LogP contribution in [0.25, 0.3) is 0 Å². The maximum absolute atomic E-state index is 5.62. The normalized spacial score (nSPS) is 22.2. The van der Waals surface area contributed by atoms with Crippen LogP contribution in [0.4, 0.5) is 0 Å². The van der Waals surface area contributed by atoms with Crippen LogP contribution >= 0.6 is 11.8 Å². The fourth-order valence-corrected chi connectivity index (χ4v) is 1.20. The van der Waals surface area contributed by atoms with Crippen LogP contribution in [0.1, 0.15) is 6.92 Å².